The van der Waals surface area contributed by atoms with Crippen LogP contribution < -0.4 is 0 Å². The van der Waals surface area contributed by atoms with Gasteiger partial charge >= 0.3 is 0 Å². The Morgan fingerprint density at radius 2 is 1.94 bits per heavy atom. The molecule has 5 aromatic rings. The summed E-state index contributed by atoms with van der Waals surface area (Å²) in [4.78, 5) is 14.9. The van der Waals surface area contributed by atoms with Crippen LogP contribution in [0.15, 0.2) is 61.3 Å². The number of fused-ring (bicyclic) bond motifs is 2. The van der Waals surface area contributed by atoms with Crippen LogP contribution in [0.25, 0.3) is 39.2 Å². The molecule has 0 atom stereocenters. The number of aromatic nitrogens is 7. The van der Waals surface area contributed by atoms with Gasteiger partial charge in [-0.25, -0.2) is 9.97 Å². The molecule has 158 valence electrons. The molecule has 0 aliphatic heterocycles. The molecule has 0 unspecified atom stereocenters. The van der Waals surface area contributed by atoms with Crippen LogP contribution in [-0.2, 0) is 5.54 Å². The van der Waals surface area contributed by atoms with E-state index in [9.17, 15) is 10.5 Å². The third kappa shape index (κ3) is 2.94. The second-order valence-electron chi connectivity index (χ2n) is 8.34. The van der Waals surface area contributed by atoms with E-state index in [4.69, 9.17) is 5.10 Å². The van der Waals surface area contributed by atoms with Crippen molar-refractivity contribution in [3.8, 4) is 34.7 Å². The molecular formula is C24H17N9. The molecule has 1 aliphatic rings. The van der Waals surface area contributed by atoms with E-state index in [2.05, 4.69) is 38.3 Å². The SMILES string of the molecule is N#CC[C@]1(n2ncc(-c3cc(-c4cnc5ncccn45)cc4ncccc34)n2)C[C@H](C#N)C1. The van der Waals surface area contributed by atoms with Gasteiger partial charge in [0, 0.05) is 35.1 Å². The van der Waals surface area contributed by atoms with Crippen molar-refractivity contribution >= 4 is 16.7 Å². The van der Waals surface area contributed by atoms with E-state index in [-0.39, 0.29) is 12.3 Å². The van der Waals surface area contributed by atoms with Crippen molar-refractivity contribution in [2.75, 3.05) is 0 Å². The number of nitriles is 2. The zero-order valence-corrected chi connectivity index (χ0v) is 17.5. The number of benzene rings is 1. The highest BCUT2D eigenvalue weighted by atomic mass is 15.5. The third-order valence-electron chi connectivity index (χ3n) is 6.34. The van der Waals surface area contributed by atoms with E-state index in [1.165, 1.54) is 0 Å². The van der Waals surface area contributed by atoms with Crippen LogP contribution in [0.1, 0.15) is 19.3 Å². The van der Waals surface area contributed by atoms with Crippen molar-refractivity contribution in [1.82, 2.24) is 34.3 Å². The Morgan fingerprint density at radius 3 is 2.79 bits per heavy atom. The first-order valence-corrected chi connectivity index (χ1v) is 10.6. The lowest BCUT2D eigenvalue weighted by molar-refractivity contribution is 0.0713. The summed E-state index contributed by atoms with van der Waals surface area (Å²) in [7, 11) is 0. The van der Waals surface area contributed by atoms with Gasteiger partial charge in [-0.3, -0.25) is 9.38 Å². The number of nitrogens with zero attached hydrogens (tertiary/aromatic N) is 9. The molecule has 0 bridgehead atoms. The van der Waals surface area contributed by atoms with E-state index < -0.39 is 5.54 Å². The van der Waals surface area contributed by atoms with Crippen LogP contribution in [0.3, 0.4) is 0 Å². The quantitative estimate of drug-likeness (QED) is 0.425. The van der Waals surface area contributed by atoms with E-state index in [1.54, 1.807) is 29.6 Å². The largest absolute Gasteiger partial charge is 0.284 e. The molecule has 1 saturated carbocycles. The van der Waals surface area contributed by atoms with Crippen LogP contribution in [0.4, 0.5) is 0 Å². The van der Waals surface area contributed by atoms with Crippen LogP contribution in [0.5, 0.6) is 0 Å². The molecule has 1 aliphatic carbocycles. The Kier molecular flexibility index (Phi) is 4.17. The molecule has 9 heteroatoms. The molecule has 1 fully saturated rings. The fourth-order valence-corrected chi connectivity index (χ4v) is 4.67. The molecule has 4 heterocycles. The van der Waals surface area contributed by atoms with Crippen LogP contribution in [0.2, 0.25) is 0 Å². The lowest BCUT2D eigenvalue weighted by atomic mass is 9.68. The fourth-order valence-electron chi connectivity index (χ4n) is 4.67. The summed E-state index contributed by atoms with van der Waals surface area (Å²) in [6.07, 6.45) is 10.4. The molecule has 33 heavy (non-hydrogen) atoms. The molecule has 1 aromatic carbocycles. The maximum atomic E-state index is 9.36. The molecular weight excluding hydrogens is 414 g/mol. The molecule has 0 spiro atoms. The first-order chi connectivity index (χ1) is 16.2. The summed E-state index contributed by atoms with van der Waals surface area (Å²) in [5.41, 5.74) is 3.73. The second-order valence-corrected chi connectivity index (χ2v) is 8.34. The van der Waals surface area contributed by atoms with Crippen molar-refractivity contribution < 1.29 is 0 Å². The van der Waals surface area contributed by atoms with Gasteiger partial charge in [0.25, 0.3) is 0 Å². The standard InChI is InChI=1S/C24H17N9/c25-5-4-24(11-16(12-24)13-26)33-30-14-21(31-33)19-9-17(10-20-18(19)3-1-6-27-20)22-15-29-23-28-7-2-8-32(22)23/h1-3,6-10,14-16H,4,11-12H2/t16-,24-. The Balaban J connectivity index is 1.50. The van der Waals surface area contributed by atoms with Gasteiger partial charge < -0.3 is 0 Å². The highest BCUT2D eigenvalue weighted by Gasteiger charge is 2.48. The Morgan fingerprint density at radius 1 is 1.06 bits per heavy atom. The van der Waals surface area contributed by atoms with Gasteiger partial charge in [0.1, 0.15) is 5.69 Å². The summed E-state index contributed by atoms with van der Waals surface area (Å²) in [6.45, 7) is 0. The Hall–Kier alpha value is -4.63. The van der Waals surface area contributed by atoms with E-state index in [0.29, 0.717) is 24.3 Å². The van der Waals surface area contributed by atoms with E-state index >= 15 is 0 Å². The highest BCUT2D eigenvalue weighted by molar-refractivity contribution is 5.97. The summed E-state index contributed by atoms with van der Waals surface area (Å²) in [6, 6.07) is 14.4. The minimum absolute atomic E-state index is 0.0649. The van der Waals surface area contributed by atoms with E-state index in [1.807, 2.05) is 34.9 Å². The lowest BCUT2D eigenvalue weighted by Crippen LogP contribution is -2.47. The second kappa shape index (κ2) is 7.21. The summed E-state index contributed by atoms with van der Waals surface area (Å²) >= 11 is 0. The predicted octanol–water partition coefficient (Wildman–Crippen LogP) is 3.75. The number of hydrogen-bond donors (Lipinski definition) is 0. The van der Waals surface area contributed by atoms with Crippen molar-refractivity contribution in [2.24, 2.45) is 5.92 Å². The Labute approximate surface area is 188 Å². The number of imidazole rings is 1. The minimum atomic E-state index is -0.521. The molecule has 9 nitrogen and oxygen atoms in total. The fraction of sp³-hybridized carbons (Fsp3) is 0.208. The number of rotatable bonds is 4. The van der Waals surface area contributed by atoms with Crippen LogP contribution in [0, 0.1) is 28.6 Å². The molecule has 0 saturated heterocycles. The van der Waals surface area contributed by atoms with Crippen molar-refractivity contribution in [1.29, 1.82) is 10.5 Å². The monoisotopic (exact) mass is 431 g/mol. The molecule has 0 N–H and O–H groups in total. The van der Waals surface area contributed by atoms with Crippen molar-refractivity contribution in [2.45, 2.75) is 24.8 Å². The molecule has 0 radical (unpaired) electrons. The topological polar surface area (TPSA) is 121 Å². The van der Waals surface area contributed by atoms with Crippen molar-refractivity contribution in [3.63, 3.8) is 0 Å². The zero-order chi connectivity index (χ0) is 22.4. The van der Waals surface area contributed by atoms with Gasteiger partial charge in [-0.05, 0) is 37.1 Å². The molecule has 4 aromatic heterocycles. The number of hydrogen-bond acceptors (Lipinski definition) is 7. The maximum absolute atomic E-state index is 9.36. The first kappa shape index (κ1) is 19.1. The maximum Gasteiger partial charge on any atom is 0.234 e. The summed E-state index contributed by atoms with van der Waals surface area (Å²) in [5.74, 6) is 0.557. The predicted molar refractivity (Wildman–Crippen MR) is 119 cm³/mol. The first-order valence-electron chi connectivity index (χ1n) is 10.6. The van der Waals surface area contributed by atoms with Gasteiger partial charge in [0.2, 0.25) is 5.78 Å². The summed E-state index contributed by atoms with van der Waals surface area (Å²) < 4.78 is 1.93. The van der Waals surface area contributed by atoms with Crippen LogP contribution >= 0.6 is 0 Å². The zero-order valence-electron chi connectivity index (χ0n) is 17.5. The van der Waals surface area contributed by atoms with Gasteiger partial charge in [0.05, 0.1) is 53.6 Å². The highest BCUT2D eigenvalue weighted by Crippen LogP contribution is 2.45. The minimum Gasteiger partial charge on any atom is -0.284 e. The van der Waals surface area contributed by atoms with Crippen molar-refractivity contribution in [3.05, 3.63) is 61.3 Å². The van der Waals surface area contributed by atoms with Gasteiger partial charge in [-0.2, -0.15) is 25.5 Å². The smallest absolute Gasteiger partial charge is 0.234 e. The number of pyridine rings is 1. The molecule has 6 rings (SSSR count). The van der Waals surface area contributed by atoms with Gasteiger partial charge in [-0.1, -0.05) is 6.07 Å². The van der Waals surface area contributed by atoms with E-state index in [0.717, 1.165) is 27.7 Å². The normalized spacial score (nSPS) is 19.8. The Bertz CT molecular complexity index is 1590. The van der Waals surface area contributed by atoms with Gasteiger partial charge in [0.15, 0.2) is 0 Å². The van der Waals surface area contributed by atoms with Gasteiger partial charge in [-0.15, -0.1) is 0 Å². The third-order valence-corrected chi connectivity index (χ3v) is 6.34. The van der Waals surface area contributed by atoms with Crippen LogP contribution in [-0.4, -0.2) is 34.3 Å². The summed E-state index contributed by atoms with van der Waals surface area (Å²) in [5, 5.41) is 28.8. The lowest BCUT2D eigenvalue weighted by Gasteiger charge is -2.42. The molecule has 0 amide bonds. The average molecular weight is 431 g/mol. The average Bonchev–Trinajstić information content (AvgIpc) is 3.48.